The molecule has 3 rings (SSSR count). The van der Waals surface area contributed by atoms with E-state index in [9.17, 15) is 0 Å². The second-order valence-electron chi connectivity index (χ2n) is 5.41. The van der Waals surface area contributed by atoms with Gasteiger partial charge >= 0.3 is 0 Å². The molecule has 126 valence electrons. The lowest BCUT2D eigenvalue weighted by Crippen LogP contribution is -2.10. The molecule has 24 heavy (non-hydrogen) atoms. The highest BCUT2D eigenvalue weighted by Crippen LogP contribution is 2.29. The van der Waals surface area contributed by atoms with Gasteiger partial charge in [0.15, 0.2) is 5.65 Å². The van der Waals surface area contributed by atoms with Crippen LogP contribution in [0.25, 0.3) is 5.65 Å². The van der Waals surface area contributed by atoms with Crippen LogP contribution in [0.1, 0.15) is 18.9 Å². The van der Waals surface area contributed by atoms with Gasteiger partial charge in [0.25, 0.3) is 0 Å². The number of nitrogens with one attached hydrogen (secondary N) is 1. The molecule has 2 heterocycles. The smallest absolute Gasteiger partial charge is 0.177 e. The average Bonchev–Trinajstić information content (AvgIpc) is 3.04. The number of hydrogen-bond acceptors (Lipinski definition) is 6. The fourth-order valence-corrected chi connectivity index (χ4v) is 2.60. The van der Waals surface area contributed by atoms with Crippen LogP contribution in [0.15, 0.2) is 36.7 Å². The molecule has 0 atom stereocenters. The molecule has 2 aromatic heterocycles. The maximum atomic E-state index is 6.14. The van der Waals surface area contributed by atoms with Crippen LogP contribution in [0, 0.1) is 0 Å². The minimum atomic E-state index is 0.488. The minimum absolute atomic E-state index is 0.488. The van der Waals surface area contributed by atoms with E-state index in [0.29, 0.717) is 19.0 Å². The molecule has 0 saturated carbocycles. The van der Waals surface area contributed by atoms with Gasteiger partial charge in [0.2, 0.25) is 0 Å². The number of imidazole rings is 1. The number of hydrogen-bond donors (Lipinski definition) is 3. The molecule has 0 bridgehead atoms. The highest BCUT2D eigenvalue weighted by Gasteiger charge is 2.15. The van der Waals surface area contributed by atoms with E-state index in [4.69, 9.17) is 16.2 Å². The van der Waals surface area contributed by atoms with Crippen molar-refractivity contribution in [1.82, 2.24) is 14.6 Å². The fraction of sp³-hybridized carbons (Fsp3) is 0.294. The second-order valence-corrected chi connectivity index (χ2v) is 5.41. The Kier molecular flexibility index (Phi) is 4.81. The summed E-state index contributed by atoms with van der Waals surface area (Å²) in [5.74, 6) is 1.33. The molecule has 0 aliphatic rings. The quantitative estimate of drug-likeness (QED) is 0.616. The zero-order chi connectivity index (χ0) is 16.9. The number of fused-ring (bicyclic) bond motifs is 1. The average molecular weight is 326 g/mol. The molecule has 0 aliphatic heterocycles. The van der Waals surface area contributed by atoms with Crippen molar-refractivity contribution in [1.29, 1.82) is 0 Å². The number of nitrogens with zero attached hydrogens (tertiary/aromatic N) is 3. The number of nitrogen functional groups attached to an aromatic ring is 1. The van der Waals surface area contributed by atoms with Gasteiger partial charge in [-0.1, -0.05) is 0 Å². The largest absolute Gasteiger partial charge is 0.494 e. The molecule has 7 nitrogen and oxygen atoms in total. The Morgan fingerprint density at radius 1 is 1.25 bits per heavy atom. The Labute approximate surface area is 140 Å². The Balaban J connectivity index is 1.98. The summed E-state index contributed by atoms with van der Waals surface area (Å²) in [6.45, 7) is 3.21. The lowest BCUT2D eigenvalue weighted by Gasteiger charge is -2.15. The third-order valence-electron chi connectivity index (χ3n) is 3.74. The van der Waals surface area contributed by atoms with Crippen LogP contribution < -0.4 is 21.5 Å². The molecule has 0 fully saturated rings. The summed E-state index contributed by atoms with van der Waals surface area (Å²) in [4.78, 5) is 4.40. The van der Waals surface area contributed by atoms with Gasteiger partial charge < -0.3 is 21.5 Å². The lowest BCUT2D eigenvalue weighted by atomic mass is 10.1. The normalized spacial score (nSPS) is 10.9. The molecule has 5 N–H and O–H groups in total. The molecule has 0 amide bonds. The lowest BCUT2D eigenvalue weighted by molar-refractivity contribution is 0.340. The van der Waals surface area contributed by atoms with Crippen molar-refractivity contribution in [3.8, 4) is 5.75 Å². The van der Waals surface area contributed by atoms with Gasteiger partial charge in [-0.05, 0) is 50.6 Å². The summed E-state index contributed by atoms with van der Waals surface area (Å²) >= 11 is 0. The van der Waals surface area contributed by atoms with Gasteiger partial charge in [0.1, 0.15) is 11.6 Å². The van der Waals surface area contributed by atoms with E-state index in [1.807, 2.05) is 31.2 Å². The van der Waals surface area contributed by atoms with Crippen molar-refractivity contribution < 1.29 is 4.74 Å². The molecule has 3 aromatic rings. The molecule has 0 aliphatic carbocycles. The molecular formula is C17H22N6O. The van der Waals surface area contributed by atoms with E-state index >= 15 is 0 Å². The summed E-state index contributed by atoms with van der Waals surface area (Å²) in [7, 11) is 0. The first-order valence-corrected chi connectivity index (χ1v) is 8.04. The number of nitrogens with two attached hydrogens (primary N) is 2. The minimum Gasteiger partial charge on any atom is -0.494 e. The molecule has 0 saturated heterocycles. The maximum Gasteiger partial charge on any atom is 0.177 e. The van der Waals surface area contributed by atoms with Crippen LogP contribution in [0.3, 0.4) is 0 Å². The van der Waals surface area contributed by atoms with Crippen LogP contribution in [0.5, 0.6) is 5.75 Å². The summed E-state index contributed by atoms with van der Waals surface area (Å²) in [6, 6.07) is 7.79. The molecule has 1 aromatic carbocycles. The van der Waals surface area contributed by atoms with Crippen molar-refractivity contribution in [3.05, 3.63) is 42.2 Å². The first-order valence-electron chi connectivity index (χ1n) is 8.04. The topological polar surface area (TPSA) is 103 Å². The summed E-state index contributed by atoms with van der Waals surface area (Å²) in [6.07, 6.45) is 5.07. The molecular weight excluding hydrogens is 304 g/mol. The predicted molar refractivity (Wildman–Crippen MR) is 95.7 cm³/mol. The van der Waals surface area contributed by atoms with E-state index in [1.165, 1.54) is 0 Å². The van der Waals surface area contributed by atoms with E-state index in [2.05, 4.69) is 15.4 Å². The van der Waals surface area contributed by atoms with Crippen LogP contribution >= 0.6 is 0 Å². The first-order chi connectivity index (χ1) is 11.7. The van der Waals surface area contributed by atoms with Crippen LogP contribution in [0.4, 0.5) is 17.2 Å². The standard InChI is InChI=1S/C17H22N6O/c1-2-24-13-7-5-12(6-8-13)21-15-14(4-3-9-18)16(19)22-23-11-10-20-17(15)23/h5-8,10-11,21H,2-4,9,18H2,1H3,(H2,19,22). The van der Waals surface area contributed by atoms with Gasteiger partial charge in [-0.2, -0.15) is 0 Å². The van der Waals surface area contributed by atoms with Crippen molar-refractivity contribution in [2.45, 2.75) is 19.8 Å². The van der Waals surface area contributed by atoms with Crippen molar-refractivity contribution in [3.63, 3.8) is 0 Å². The summed E-state index contributed by atoms with van der Waals surface area (Å²) < 4.78 is 7.16. The third kappa shape index (κ3) is 3.26. The third-order valence-corrected chi connectivity index (χ3v) is 3.74. The zero-order valence-corrected chi connectivity index (χ0v) is 13.7. The van der Waals surface area contributed by atoms with Crippen LogP contribution in [0.2, 0.25) is 0 Å². The molecule has 0 radical (unpaired) electrons. The SMILES string of the molecule is CCOc1ccc(Nc2c(CCCN)c(N)nn3ccnc23)cc1. The number of rotatable bonds is 7. The number of ether oxygens (including phenoxy) is 1. The maximum absolute atomic E-state index is 6.14. The van der Waals surface area contributed by atoms with Crippen molar-refractivity contribution in [2.75, 3.05) is 24.2 Å². The Hall–Kier alpha value is -2.80. The highest BCUT2D eigenvalue weighted by atomic mass is 16.5. The van der Waals surface area contributed by atoms with Crippen LogP contribution in [-0.2, 0) is 6.42 Å². The van der Waals surface area contributed by atoms with E-state index in [-0.39, 0.29) is 0 Å². The summed E-state index contributed by atoms with van der Waals surface area (Å²) in [5, 5.41) is 7.78. The molecule has 0 spiro atoms. The van der Waals surface area contributed by atoms with Crippen molar-refractivity contribution in [2.24, 2.45) is 5.73 Å². The molecule has 7 heteroatoms. The first kappa shape index (κ1) is 16.1. The highest BCUT2D eigenvalue weighted by molar-refractivity contribution is 5.80. The van der Waals surface area contributed by atoms with E-state index < -0.39 is 0 Å². The van der Waals surface area contributed by atoms with E-state index in [0.717, 1.165) is 41.2 Å². The van der Waals surface area contributed by atoms with Gasteiger partial charge in [-0.3, -0.25) is 0 Å². The van der Waals surface area contributed by atoms with Gasteiger partial charge in [0, 0.05) is 23.6 Å². The Morgan fingerprint density at radius 3 is 2.75 bits per heavy atom. The second kappa shape index (κ2) is 7.18. The Morgan fingerprint density at radius 2 is 2.04 bits per heavy atom. The van der Waals surface area contributed by atoms with Crippen molar-refractivity contribution >= 4 is 22.8 Å². The van der Waals surface area contributed by atoms with Gasteiger partial charge in [0.05, 0.1) is 12.3 Å². The number of aromatic nitrogens is 3. The van der Waals surface area contributed by atoms with Gasteiger partial charge in [-0.15, -0.1) is 5.10 Å². The zero-order valence-electron chi connectivity index (χ0n) is 13.7. The number of benzene rings is 1. The van der Waals surface area contributed by atoms with E-state index in [1.54, 1.807) is 16.9 Å². The molecule has 0 unspecified atom stereocenters. The monoisotopic (exact) mass is 326 g/mol. The Bertz CT molecular complexity index is 812. The fourth-order valence-electron chi connectivity index (χ4n) is 2.60. The van der Waals surface area contributed by atoms with Crippen LogP contribution in [-0.4, -0.2) is 27.7 Å². The number of anilines is 3. The summed E-state index contributed by atoms with van der Waals surface area (Å²) in [5.41, 5.74) is 15.3. The van der Waals surface area contributed by atoms with Gasteiger partial charge in [-0.25, -0.2) is 9.50 Å². The predicted octanol–water partition coefficient (Wildman–Crippen LogP) is 2.35.